The summed E-state index contributed by atoms with van der Waals surface area (Å²) in [5, 5.41) is 1.03. The van der Waals surface area contributed by atoms with Crippen molar-refractivity contribution in [1.29, 1.82) is 0 Å². The maximum Gasteiger partial charge on any atom is 0.336 e. The van der Waals surface area contributed by atoms with Gasteiger partial charge in [-0.15, -0.1) is 0 Å². The largest absolute Gasteiger partial charge is 0.422 e. The van der Waals surface area contributed by atoms with Crippen LogP contribution in [0.5, 0.6) is 0 Å². The fraction of sp³-hybridized carbons (Fsp3) is 0.308. The van der Waals surface area contributed by atoms with Gasteiger partial charge in [0, 0.05) is 11.5 Å². The molecule has 1 aromatic carbocycles. The molecule has 78 valence electrons. The zero-order valence-corrected chi connectivity index (χ0v) is 9.20. The van der Waals surface area contributed by atoms with E-state index in [-0.39, 0.29) is 5.63 Å². The summed E-state index contributed by atoms with van der Waals surface area (Å²) in [6.45, 7) is 6.21. The molecular weight excluding hydrogens is 188 g/mol. The summed E-state index contributed by atoms with van der Waals surface area (Å²) in [7, 11) is 0. The SMILES string of the molecule is Cc1ccc(C(C)C)c2oc(=O)ccc12. The van der Waals surface area contributed by atoms with Gasteiger partial charge in [0.15, 0.2) is 0 Å². The predicted octanol–water partition coefficient (Wildman–Crippen LogP) is 3.22. The molecule has 0 aliphatic heterocycles. The molecule has 0 spiro atoms. The standard InChI is InChI=1S/C13H14O2/c1-8(2)10-5-4-9(3)11-6-7-12(14)15-13(10)11/h4-8H,1-3H3. The van der Waals surface area contributed by atoms with Crippen molar-refractivity contribution in [2.24, 2.45) is 0 Å². The quantitative estimate of drug-likeness (QED) is 0.664. The molecule has 2 rings (SSSR count). The molecule has 0 saturated carbocycles. The van der Waals surface area contributed by atoms with Crippen molar-refractivity contribution >= 4 is 11.0 Å². The molecule has 2 aromatic rings. The van der Waals surface area contributed by atoms with E-state index in [2.05, 4.69) is 19.9 Å². The van der Waals surface area contributed by atoms with Gasteiger partial charge in [0.1, 0.15) is 5.58 Å². The van der Waals surface area contributed by atoms with Gasteiger partial charge in [0.2, 0.25) is 0 Å². The number of rotatable bonds is 1. The van der Waals surface area contributed by atoms with E-state index in [0.29, 0.717) is 5.92 Å². The first-order valence-electron chi connectivity index (χ1n) is 5.13. The molecule has 1 heterocycles. The summed E-state index contributed by atoms with van der Waals surface area (Å²) in [4.78, 5) is 11.2. The fourth-order valence-corrected chi connectivity index (χ4v) is 1.78. The average molecular weight is 202 g/mol. The van der Waals surface area contributed by atoms with Crippen LogP contribution >= 0.6 is 0 Å². The van der Waals surface area contributed by atoms with E-state index in [9.17, 15) is 4.79 Å². The van der Waals surface area contributed by atoms with Crippen LogP contribution in [0.1, 0.15) is 30.9 Å². The predicted molar refractivity (Wildman–Crippen MR) is 61.3 cm³/mol. The van der Waals surface area contributed by atoms with Crippen LogP contribution in [0.4, 0.5) is 0 Å². The minimum absolute atomic E-state index is 0.282. The van der Waals surface area contributed by atoms with Gasteiger partial charge in [-0.25, -0.2) is 4.79 Å². The Balaban J connectivity index is 2.90. The van der Waals surface area contributed by atoms with Crippen LogP contribution in [0.25, 0.3) is 11.0 Å². The topological polar surface area (TPSA) is 30.2 Å². The second-order valence-electron chi connectivity index (χ2n) is 4.12. The van der Waals surface area contributed by atoms with Gasteiger partial charge < -0.3 is 4.42 Å². The Hall–Kier alpha value is -1.57. The van der Waals surface area contributed by atoms with Gasteiger partial charge in [-0.1, -0.05) is 26.0 Å². The minimum Gasteiger partial charge on any atom is -0.422 e. The highest BCUT2D eigenvalue weighted by molar-refractivity contribution is 5.83. The molecule has 0 bridgehead atoms. The minimum atomic E-state index is -0.282. The summed E-state index contributed by atoms with van der Waals surface area (Å²) in [6.07, 6.45) is 0. The zero-order chi connectivity index (χ0) is 11.0. The lowest BCUT2D eigenvalue weighted by molar-refractivity contribution is 0.554. The first-order valence-corrected chi connectivity index (χ1v) is 5.13. The van der Waals surface area contributed by atoms with Crippen molar-refractivity contribution in [3.63, 3.8) is 0 Å². The fourth-order valence-electron chi connectivity index (χ4n) is 1.78. The monoisotopic (exact) mass is 202 g/mol. The Labute approximate surface area is 88.5 Å². The van der Waals surface area contributed by atoms with Crippen molar-refractivity contribution in [3.8, 4) is 0 Å². The second-order valence-corrected chi connectivity index (χ2v) is 4.12. The summed E-state index contributed by atoms with van der Waals surface area (Å²) < 4.78 is 5.28. The van der Waals surface area contributed by atoms with Gasteiger partial charge in [-0.05, 0) is 30.0 Å². The molecule has 0 fully saturated rings. The van der Waals surface area contributed by atoms with E-state index in [1.54, 1.807) is 0 Å². The Morgan fingerprint density at radius 3 is 2.53 bits per heavy atom. The lowest BCUT2D eigenvalue weighted by Gasteiger charge is -2.09. The molecule has 0 atom stereocenters. The third-order valence-electron chi connectivity index (χ3n) is 2.66. The van der Waals surface area contributed by atoms with Crippen LogP contribution in [-0.4, -0.2) is 0 Å². The average Bonchev–Trinajstić information content (AvgIpc) is 2.17. The first kappa shape index (κ1) is 9.97. The first-order chi connectivity index (χ1) is 7.09. The normalized spacial score (nSPS) is 11.2. The number of aryl methyl sites for hydroxylation is 1. The number of hydrogen-bond donors (Lipinski definition) is 0. The maximum absolute atomic E-state index is 11.2. The molecular formula is C13H14O2. The van der Waals surface area contributed by atoms with Crippen molar-refractivity contribution in [3.05, 3.63) is 45.8 Å². The number of benzene rings is 1. The van der Waals surface area contributed by atoms with E-state index >= 15 is 0 Å². The van der Waals surface area contributed by atoms with Crippen LogP contribution in [0.15, 0.2) is 33.5 Å². The molecule has 15 heavy (non-hydrogen) atoms. The van der Waals surface area contributed by atoms with E-state index in [1.807, 2.05) is 19.1 Å². The maximum atomic E-state index is 11.2. The summed E-state index contributed by atoms with van der Waals surface area (Å²) >= 11 is 0. The molecule has 0 saturated heterocycles. The van der Waals surface area contributed by atoms with Crippen molar-refractivity contribution in [1.82, 2.24) is 0 Å². The van der Waals surface area contributed by atoms with Crippen LogP contribution in [0.2, 0.25) is 0 Å². The zero-order valence-electron chi connectivity index (χ0n) is 9.20. The molecule has 0 N–H and O–H groups in total. The van der Waals surface area contributed by atoms with E-state index < -0.39 is 0 Å². The molecule has 0 unspecified atom stereocenters. The molecule has 2 nitrogen and oxygen atoms in total. The van der Waals surface area contributed by atoms with Crippen molar-refractivity contribution in [2.75, 3.05) is 0 Å². The smallest absolute Gasteiger partial charge is 0.336 e. The Morgan fingerprint density at radius 2 is 1.87 bits per heavy atom. The lowest BCUT2D eigenvalue weighted by Crippen LogP contribution is -1.99. The third kappa shape index (κ3) is 1.67. The van der Waals surface area contributed by atoms with Crippen LogP contribution in [0, 0.1) is 6.92 Å². The number of hydrogen-bond acceptors (Lipinski definition) is 2. The van der Waals surface area contributed by atoms with Crippen molar-refractivity contribution < 1.29 is 4.42 Å². The second kappa shape index (κ2) is 3.54. The lowest BCUT2D eigenvalue weighted by atomic mass is 9.98. The molecule has 0 radical (unpaired) electrons. The van der Waals surface area contributed by atoms with Crippen LogP contribution < -0.4 is 5.63 Å². The summed E-state index contributed by atoms with van der Waals surface area (Å²) in [5.41, 5.74) is 2.68. The third-order valence-corrected chi connectivity index (χ3v) is 2.66. The highest BCUT2D eigenvalue weighted by Gasteiger charge is 2.09. The van der Waals surface area contributed by atoms with Gasteiger partial charge in [-0.3, -0.25) is 0 Å². The summed E-state index contributed by atoms with van der Waals surface area (Å²) in [5.74, 6) is 0.360. The molecule has 1 aromatic heterocycles. The Morgan fingerprint density at radius 1 is 1.13 bits per heavy atom. The highest BCUT2D eigenvalue weighted by Crippen LogP contribution is 2.26. The molecule has 0 amide bonds. The summed E-state index contributed by atoms with van der Waals surface area (Å²) in [6, 6.07) is 7.41. The van der Waals surface area contributed by atoms with Gasteiger partial charge in [0.05, 0.1) is 0 Å². The van der Waals surface area contributed by atoms with Crippen molar-refractivity contribution in [2.45, 2.75) is 26.7 Å². The van der Waals surface area contributed by atoms with Crippen LogP contribution in [-0.2, 0) is 0 Å². The van der Waals surface area contributed by atoms with Gasteiger partial charge >= 0.3 is 5.63 Å². The van der Waals surface area contributed by atoms with E-state index in [0.717, 1.165) is 22.1 Å². The highest BCUT2D eigenvalue weighted by atomic mass is 16.4. The van der Waals surface area contributed by atoms with E-state index in [1.165, 1.54) is 6.07 Å². The van der Waals surface area contributed by atoms with Gasteiger partial charge in [0.25, 0.3) is 0 Å². The molecule has 0 aliphatic rings. The Bertz CT molecular complexity index is 550. The van der Waals surface area contributed by atoms with E-state index in [4.69, 9.17) is 4.42 Å². The molecule has 2 heteroatoms. The number of fused-ring (bicyclic) bond motifs is 1. The molecule has 0 aliphatic carbocycles. The van der Waals surface area contributed by atoms with Gasteiger partial charge in [-0.2, -0.15) is 0 Å². The Kier molecular flexibility index (Phi) is 2.35. The van der Waals surface area contributed by atoms with Crippen LogP contribution in [0.3, 0.4) is 0 Å².